The maximum absolute atomic E-state index is 4.14. The van der Waals surface area contributed by atoms with Crippen molar-refractivity contribution in [3.63, 3.8) is 0 Å². The van der Waals surface area contributed by atoms with Crippen molar-refractivity contribution >= 4 is 118 Å². The van der Waals surface area contributed by atoms with Gasteiger partial charge in [-0.15, -0.1) is 0 Å². The molecule has 10 heteroatoms. The zero-order valence-corrected chi connectivity index (χ0v) is 88.3. The van der Waals surface area contributed by atoms with Gasteiger partial charge in [-0.25, -0.2) is 0 Å². The second-order valence-corrected chi connectivity index (χ2v) is 54.1. The average molecular weight is 1840 g/mol. The summed E-state index contributed by atoms with van der Waals surface area (Å²) in [5, 5.41) is 0. The monoisotopic (exact) mass is 1840 g/mol. The summed E-state index contributed by atoms with van der Waals surface area (Å²) < 4.78 is 0. The maximum Gasteiger partial charge on any atom is 0.0558 e. The third-order valence-electron chi connectivity index (χ3n) is 22.4. The van der Waals surface area contributed by atoms with Crippen LogP contribution in [-0.2, 0) is 54.1 Å². The predicted molar refractivity (Wildman–Crippen MR) is 559 cm³/mol. The predicted octanol–water partition coefficient (Wildman–Crippen LogP) is 37.6. The molecule has 12 rings (SSSR count). The van der Waals surface area contributed by atoms with Crippen LogP contribution < -0.4 is 0 Å². The summed E-state index contributed by atoms with van der Waals surface area (Å²) in [5.74, 6) is 16.0. The Morgan fingerprint density at radius 2 is 0.214 bits per heavy atom. The van der Waals surface area contributed by atoms with E-state index in [-0.39, 0.29) is 54.1 Å². The van der Waals surface area contributed by atoms with Gasteiger partial charge >= 0.3 is 0 Å². The fourth-order valence-electron chi connectivity index (χ4n) is 14.0. The summed E-state index contributed by atoms with van der Waals surface area (Å²) in [6.45, 7) is 69.2. The molecule has 126 heavy (non-hydrogen) atoms. The van der Waals surface area contributed by atoms with Crippen molar-refractivity contribution in [2.75, 3.05) is 0 Å². The van der Waals surface area contributed by atoms with E-state index in [2.05, 4.69) is 474 Å². The van der Waals surface area contributed by atoms with Gasteiger partial charge in [-0.2, -0.15) is 0 Å². The molecule has 0 bridgehead atoms. The van der Waals surface area contributed by atoms with Crippen LogP contribution in [0.2, 0.25) is 0 Å². The normalized spacial score (nSPS) is 12.7. The van der Waals surface area contributed by atoms with E-state index in [1.54, 1.807) is 0 Å². The van der Waals surface area contributed by atoms with E-state index in [0.717, 1.165) is 99.2 Å². The minimum Gasteiger partial charge on any atom is -0.0876 e. The zero-order chi connectivity index (χ0) is 91.7. The SMILES string of the molecule is CC(C)(C)c1ccc(Sc2c(C#CC#Cc3c(Sc4ccc(C(C)(C)C)cc4)c(Sc4ccc(C(C)(C)C)cc4)c(Sc4ccc(C(C)(C)C)cc4)c(Sc4ccc(C(C)(C)C)cc4)c3Sc3ccc(C(C)(C)C)cc3)c(Sc3ccc(C(C)(C)C)cc3)c(Sc3ccc(C(C)(C)C)cc3)c(Sc3ccc(C(C)(C)C)cc3)c2Sc2ccc(C(C)(C)C)cc2)cc1. The van der Waals surface area contributed by atoms with E-state index in [1.165, 1.54) is 65.4 Å². The quantitative estimate of drug-likeness (QED) is 0.0674. The summed E-state index contributed by atoms with van der Waals surface area (Å²) >= 11 is 18.5. The van der Waals surface area contributed by atoms with Crippen LogP contribution in [0.25, 0.3) is 0 Å². The van der Waals surface area contributed by atoms with Crippen LogP contribution in [0.15, 0.2) is 341 Å². The molecule has 0 saturated heterocycles. The Balaban J connectivity index is 1.27. The van der Waals surface area contributed by atoms with Crippen molar-refractivity contribution in [2.24, 2.45) is 0 Å². The smallest absolute Gasteiger partial charge is 0.0558 e. The van der Waals surface area contributed by atoms with Crippen molar-refractivity contribution in [1.82, 2.24) is 0 Å². The van der Waals surface area contributed by atoms with Crippen molar-refractivity contribution in [3.05, 3.63) is 309 Å². The molecule has 0 amide bonds. The van der Waals surface area contributed by atoms with E-state index in [4.69, 9.17) is 0 Å². The molecule has 0 fully saturated rings. The molecule has 0 aliphatic carbocycles. The third-order valence-corrected chi connectivity index (χ3v) is 34.6. The molecule has 0 aliphatic rings. The van der Waals surface area contributed by atoms with Gasteiger partial charge in [0.05, 0.1) is 11.1 Å². The lowest BCUT2D eigenvalue weighted by Gasteiger charge is -2.25. The lowest BCUT2D eigenvalue weighted by molar-refractivity contribution is 0.589. The van der Waals surface area contributed by atoms with Crippen LogP contribution in [0.4, 0.5) is 0 Å². The topological polar surface area (TPSA) is 0 Å². The van der Waals surface area contributed by atoms with Crippen LogP contribution in [-0.4, -0.2) is 0 Å². The minimum absolute atomic E-state index is 0.0364. The van der Waals surface area contributed by atoms with Gasteiger partial charge in [0.1, 0.15) is 0 Å². The number of hydrogen-bond acceptors (Lipinski definition) is 10. The van der Waals surface area contributed by atoms with Gasteiger partial charge in [-0.3, -0.25) is 0 Å². The maximum atomic E-state index is 4.14. The van der Waals surface area contributed by atoms with Gasteiger partial charge in [0.2, 0.25) is 0 Å². The van der Waals surface area contributed by atoms with Crippen LogP contribution in [0, 0.1) is 23.7 Å². The van der Waals surface area contributed by atoms with E-state index in [9.17, 15) is 0 Å². The fourth-order valence-corrected chi connectivity index (χ4v) is 25.8. The lowest BCUT2D eigenvalue weighted by atomic mass is 9.87. The first-order valence-electron chi connectivity index (χ1n) is 44.0. The average Bonchev–Trinajstić information content (AvgIpc) is 0.750. The van der Waals surface area contributed by atoms with Gasteiger partial charge in [-0.05, 0) is 243 Å². The fraction of sp³-hybridized carbons (Fsp3) is 0.345. The van der Waals surface area contributed by atoms with Gasteiger partial charge in [0.25, 0.3) is 0 Å². The highest BCUT2D eigenvalue weighted by atomic mass is 32.2. The van der Waals surface area contributed by atoms with Gasteiger partial charge in [-0.1, -0.05) is 458 Å². The molecular weight excluding hydrogens is 1710 g/mol. The molecule has 0 N–H and O–H groups in total. The van der Waals surface area contributed by atoms with E-state index >= 15 is 0 Å². The molecule has 0 nitrogen and oxygen atoms in total. The lowest BCUT2D eigenvalue weighted by Crippen LogP contribution is -2.10. The van der Waals surface area contributed by atoms with Crippen molar-refractivity contribution in [2.45, 2.75) is 360 Å². The van der Waals surface area contributed by atoms with E-state index in [0.29, 0.717) is 0 Å². The first-order valence-corrected chi connectivity index (χ1v) is 52.2. The second kappa shape index (κ2) is 39.4. The van der Waals surface area contributed by atoms with E-state index < -0.39 is 0 Å². The Bertz CT molecular complexity index is 5260. The Labute approximate surface area is 802 Å². The highest BCUT2D eigenvalue weighted by Crippen LogP contribution is 2.60. The summed E-state index contributed by atoms with van der Waals surface area (Å²) in [5.41, 5.74) is 14.3. The molecule has 0 aromatic heterocycles. The number of benzene rings is 12. The van der Waals surface area contributed by atoms with E-state index in [1.807, 2.05) is 118 Å². The van der Waals surface area contributed by atoms with Crippen LogP contribution in [0.5, 0.6) is 0 Å². The third kappa shape index (κ3) is 25.7. The first-order chi connectivity index (χ1) is 58.7. The van der Waals surface area contributed by atoms with Crippen LogP contribution in [0.3, 0.4) is 0 Å². The van der Waals surface area contributed by atoms with Gasteiger partial charge in [0.15, 0.2) is 0 Å². The number of rotatable bonds is 20. The molecule has 0 saturated carbocycles. The summed E-state index contributed by atoms with van der Waals surface area (Å²) in [6.07, 6.45) is 0. The van der Waals surface area contributed by atoms with Crippen molar-refractivity contribution in [3.8, 4) is 23.7 Å². The molecule has 12 aromatic carbocycles. The largest absolute Gasteiger partial charge is 0.0876 e. The molecular formula is C116H130S10. The molecule has 0 aliphatic heterocycles. The summed E-state index contributed by atoms with van der Waals surface area (Å²) in [7, 11) is 0. The molecule has 0 atom stereocenters. The summed E-state index contributed by atoms with van der Waals surface area (Å²) in [4.78, 5) is 22.7. The molecule has 0 unspecified atom stereocenters. The molecule has 0 radical (unpaired) electrons. The Hall–Kier alpha value is -6.74. The first kappa shape index (κ1) is 98.3. The summed E-state index contributed by atoms with van der Waals surface area (Å²) in [6, 6.07) is 93.5. The number of hydrogen-bond donors (Lipinski definition) is 0. The Kier molecular flexibility index (Phi) is 30.7. The molecule has 12 aromatic rings. The highest BCUT2D eigenvalue weighted by molar-refractivity contribution is 8.06. The van der Waals surface area contributed by atoms with Crippen LogP contribution in [0.1, 0.15) is 274 Å². The highest BCUT2D eigenvalue weighted by Gasteiger charge is 2.33. The Morgan fingerprint density at radius 1 is 0.127 bits per heavy atom. The minimum atomic E-state index is -0.0578. The van der Waals surface area contributed by atoms with Crippen molar-refractivity contribution in [1.29, 1.82) is 0 Å². The second-order valence-electron chi connectivity index (χ2n) is 43.3. The zero-order valence-electron chi connectivity index (χ0n) is 80.2. The molecule has 0 spiro atoms. The molecule has 0 heterocycles. The Morgan fingerprint density at radius 3 is 0.310 bits per heavy atom. The standard InChI is InChI=1S/C116H130S10/c1-107(2,3)75-35-55-85(56-36-75)117-97-95(98(118-86-57-37-76(38-58-86)108(4,5)6)102(122-90-65-45-80(46-66-90)112(16,17)18)105(125-93-71-51-83(52-72-93)115(25,26)27)101(97)121-89-63-43-79(44-64-89)111(13,14)15)33-31-32-34-96-99(119-87-59-39-77(40-60-87)109(7,8)9)103(123-91-67-47-81(48-68-91)113(19,20)21)106(126-94-73-53-84(54-74-94)116(28,29)30)104(124-92-69-49-82(50-70-92)114(22,23)24)100(96)120-88-61-41-78(42-62-88)110(10,11)12/h35-74H,1-30H3. The van der Waals surface area contributed by atoms with Crippen molar-refractivity contribution < 1.29 is 0 Å². The van der Waals surface area contributed by atoms with Gasteiger partial charge < -0.3 is 0 Å². The molecule has 654 valence electrons. The van der Waals surface area contributed by atoms with Gasteiger partial charge in [0, 0.05) is 97.9 Å². The van der Waals surface area contributed by atoms with Crippen LogP contribution >= 0.6 is 118 Å².